The van der Waals surface area contributed by atoms with Crippen molar-refractivity contribution >= 4 is 40.3 Å². The molecule has 7 nitrogen and oxygen atoms in total. The van der Waals surface area contributed by atoms with Gasteiger partial charge in [0.05, 0.1) is 24.9 Å². The highest BCUT2D eigenvalue weighted by molar-refractivity contribution is 8.13. The molecular formula is C28H28N4O3S. The Morgan fingerprint density at radius 2 is 1.86 bits per heavy atom. The van der Waals surface area contributed by atoms with Crippen LogP contribution >= 0.6 is 11.8 Å². The Balaban J connectivity index is 1.32. The number of fused-ring (bicyclic) bond motifs is 3. The Morgan fingerprint density at radius 3 is 2.58 bits per heavy atom. The van der Waals surface area contributed by atoms with E-state index in [4.69, 9.17) is 9.41 Å². The number of nitrogens with zero attached hydrogens (tertiary/aromatic N) is 3. The minimum absolute atomic E-state index is 0.0338. The molecule has 0 aliphatic carbocycles. The quantitative estimate of drug-likeness (QED) is 0.506. The summed E-state index contributed by atoms with van der Waals surface area (Å²) in [6.45, 7) is 6.85. The molecule has 2 aromatic carbocycles. The molecule has 1 atom stereocenters. The molecule has 184 valence electrons. The van der Waals surface area contributed by atoms with Crippen molar-refractivity contribution in [1.29, 1.82) is 0 Å². The fraction of sp³-hybridized carbons (Fsp3) is 0.286. The molecule has 5 rings (SSSR count). The van der Waals surface area contributed by atoms with Crippen molar-refractivity contribution in [3.05, 3.63) is 89.4 Å². The van der Waals surface area contributed by atoms with Crippen molar-refractivity contribution in [2.75, 3.05) is 0 Å². The van der Waals surface area contributed by atoms with Gasteiger partial charge in [0.2, 0.25) is 5.91 Å². The SMILES string of the molecule is CC(C)(C)c1ccc(CSC2=Nc3ccccc3C3=N[C@@H](CC(=O)NCc4ccco4)C(=O)N23)cc1. The molecule has 0 fully saturated rings. The van der Waals surface area contributed by atoms with Crippen molar-refractivity contribution in [2.24, 2.45) is 9.98 Å². The van der Waals surface area contributed by atoms with E-state index in [0.29, 0.717) is 22.5 Å². The molecule has 3 heterocycles. The number of furan rings is 1. The number of hydrogen-bond donors (Lipinski definition) is 1. The fourth-order valence-corrected chi connectivity index (χ4v) is 5.08. The third-order valence-electron chi connectivity index (χ3n) is 6.15. The second-order valence-electron chi connectivity index (χ2n) is 9.85. The molecule has 0 saturated carbocycles. The Hall–Kier alpha value is -3.65. The van der Waals surface area contributed by atoms with E-state index in [2.05, 4.69) is 55.3 Å². The number of carbonyl (C=O) groups is 2. The Kier molecular flexibility index (Phi) is 6.53. The minimum atomic E-state index is -0.792. The van der Waals surface area contributed by atoms with Crippen LogP contribution in [0.3, 0.4) is 0 Å². The first kappa shape index (κ1) is 24.1. The Labute approximate surface area is 214 Å². The number of hydrogen-bond acceptors (Lipinski definition) is 6. The predicted octanol–water partition coefficient (Wildman–Crippen LogP) is 5.18. The van der Waals surface area contributed by atoms with Crippen LogP contribution in [-0.2, 0) is 27.3 Å². The third kappa shape index (κ3) is 4.99. The van der Waals surface area contributed by atoms with Gasteiger partial charge in [0, 0.05) is 11.3 Å². The summed E-state index contributed by atoms with van der Waals surface area (Å²) in [5.74, 6) is 1.38. The molecule has 0 spiro atoms. The van der Waals surface area contributed by atoms with Gasteiger partial charge < -0.3 is 9.73 Å². The topological polar surface area (TPSA) is 87.3 Å². The Morgan fingerprint density at radius 1 is 1.08 bits per heavy atom. The zero-order chi connectivity index (χ0) is 25.3. The van der Waals surface area contributed by atoms with Gasteiger partial charge in [0.15, 0.2) is 5.17 Å². The predicted molar refractivity (Wildman–Crippen MR) is 142 cm³/mol. The highest BCUT2D eigenvalue weighted by Crippen LogP contribution is 2.35. The van der Waals surface area contributed by atoms with Crippen molar-refractivity contribution in [2.45, 2.75) is 50.9 Å². The summed E-state index contributed by atoms with van der Waals surface area (Å²) in [5, 5.41) is 3.38. The van der Waals surface area contributed by atoms with Crippen LogP contribution in [0.25, 0.3) is 0 Å². The molecule has 8 heteroatoms. The van der Waals surface area contributed by atoms with E-state index in [1.807, 2.05) is 24.3 Å². The first-order valence-electron chi connectivity index (χ1n) is 11.9. The number of amides is 2. The zero-order valence-electron chi connectivity index (χ0n) is 20.5. The summed E-state index contributed by atoms with van der Waals surface area (Å²) in [4.78, 5) is 37.0. The number of amidine groups is 2. The van der Waals surface area contributed by atoms with E-state index in [1.165, 1.54) is 17.3 Å². The van der Waals surface area contributed by atoms with Crippen LogP contribution in [0.2, 0.25) is 0 Å². The number of aliphatic imine (C=N–C) groups is 2. The molecule has 0 bridgehead atoms. The molecule has 3 aromatic rings. The second-order valence-corrected chi connectivity index (χ2v) is 10.8. The van der Waals surface area contributed by atoms with E-state index in [-0.39, 0.29) is 30.2 Å². The maximum atomic E-state index is 13.4. The Bertz CT molecular complexity index is 1340. The molecule has 1 N–H and O–H groups in total. The molecule has 0 saturated heterocycles. The van der Waals surface area contributed by atoms with Crippen LogP contribution in [0.15, 0.2) is 81.3 Å². The molecule has 36 heavy (non-hydrogen) atoms. The van der Waals surface area contributed by atoms with Gasteiger partial charge in [-0.3, -0.25) is 14.6 Å². The van der Waals surface area contributed by atoms with Crippen LogP contribution in [0.5, 0.6) is 0 Å². The summed E-state index contributed by atoms with van der Waals surface area (Å²) in [7, 11) is 0. The first-order chi connectivity index (χ1) is 17.3. The molecule has 2 amide bonds. The van der Waals surface area contributed by atoms with Gasteiger partial charge in [0.1, 0.15) is 17.6 Å². The first-order valence-corrected chi connectivity index (χ1v) is 12.9. The van der Waals surface area contributed by atoms with Crippen LogP contribution in [-0.4, -0.2) is 33.8 Å². The average Bonchev–Trinajstić information content (AvgIpc) is 3.49. The van der Waals surface area contributed by atoms with Gasteiger partial charge in [0.25, 0.3) is 5.91 Å². The average molecular weight is 501 g/mol. The zero-order valence-corrected chi connectivity index (χ0v) is 21.3. The smallest absolute Gasteiger partial charge is 0.259 e. The van der Waals surface area contributed by atoms with Gasteiger partial charge in [-0.15, -0.1) is 0 Å². The van der Waals surface area contributed by atoms with E-state index in [0.717, 1.165) is 16.8 Å². The van der Waals surface area contributed by atoms with E-state index in [1.54, 1.807) is 23.3 Å². The highest BCUT2D eigenvalue weighted by Gasteiger charge is 2.42. The normalized spacial score (nSPS) is 16.8. The second kappa shape index (κ2) is 9.78. The number of para-hydroxylation sites is 1. The van der Waals surface area contributed by atoms with Crippen LogP contribution < -0.4 is 5.32 Å². The van der Waals surface area contributed by atoms with E-state index < -0.39 is 6.04 Å². The number of benzene rings is 2. The van der Waals surface area contributed by atoms with Gasteiger partial charge in [-0.1, -0.05) is 68.9 Å². The molecule has 2 aliphatic rings. The van der Waals surface area contributed by atoms with Crippen molar-refractivity contribution < 1.29 is 14.0 Å². The van der Waals surface area contributed by atoms with Crippen LogP contribution in [0.1, 0.15) is 49.6 Å². The lowest BCUT2D eigenvalue weighted by Crippen LogP contribution is -2.42. The summed E-state index contributed by atoms with van der Waals surface area (Å²) in [5.41, 5.74) is 4.08. The van der Waals surface area contributed by atoms with E-state index >= 15 is 0 Å². The number of carbonyl (C=O) groups excluding carboxylic acids is 2. The lowest BCUT2D eigenvalue weighted by molar-refractivity contribution is -0.128. The van der Waals surface area contributed by atoms with Crippen molar-refractivity contribution in [3.63, 3.8) is 0 Å². The molecule has 1 aromatic heterocycles. The van der Waals surface area contributed by atoms with Crippen LogP contribution in [0.4, 0.5) is 5.69 Å². The van der Waals surface area contributed by atoms with Gasteiger partial charge in [-0.25, -0.2) is 9.89 Å². The standard InChI is InChI=1S/C28H28N4O3S/c1-28(2,3)19-12-10-18(11-13-19)17-36-27-31-22-9-5-4-8-21(22)25-30-23(26(34)32(25)27)15-24(33)29-16-20-7-6-14-35-20/h4-14,23H,15-17H2,1-3H3,(H,29,33)/t23-/m0/s1. The summed E-state index contributed by atoms with van der Waals surface area (Å²) < 4.78 is 5.26. The van der Waals surface area contributed by atoms with Gasteiger partial charge in [-0.05, 0) is 40.8 Å². The molecule has 0 radical (unpaired) electrons. The van der Waals surface area contributed by atoms with Gasteiger partial charge >= 0.3 is 0 Å². The summed E-state index contributed by atoms with van der Waals surface area (Å²) in [6, 6.07) is 19.0. The number of thioether (sulfide) groups is 1. The molecule has 0 unspecified atom stereocenters. The monoisotopic (exact) mass is 500 g/mol. The number of rotatable bonds is 6. The maximum Gasteiger partial charge on any atom is 0.259 e. The van der Waals surface area contributed by atoms with Gasteiger partial charge in [-0.2, -0.15) is 0 Å². The van der Waals surface area contributed by atoms with Crippen molar-refractivity contribution in [3.8, 4) is 0 Å². The van der Waals surface area contributed by atoms with Crippen LogP contribution in [0, 0.1) is 0 Å². The summed E-state index contributed by atoms with van der Waals surface area (Å²) >= 11 is 1.50. The van der Waals surface area contributed by atoms with E-state index in [9.17, 15) is 9.59 Å². The highest BCUT2D eigenvalue weighted by atomic mass is 32.2. The summed E-state index contributed by atoms with van der Waals surface area (Å²) in [6.07, 6.45) is 1.52. The lowest BCUT2D eigenvalue weighted by Gasteiger charge is -2.25. The number of nitrogens with one attached hydrogen (secondary N) is 1. The third-order valence-corrected chi connectivity index (χ3v) is 7.16. The lowest BCUT2D eigenvalue weighted by atomic mass is 9.87. The maximum absolute atomic E-state index is 13.4. The van der Waals surface area contributed by atoms with Crippen molar-refractivity contribution in [1.82, 2.24) is 10.2 Å². The minimum Gasteiger partial charge on any atom is -0.467 e. The fourth-order valence-electron chi connectivity index (χ4n) is 4.13. The molecule has 2 aliphatic heterocycles. The largest absolute Gasteiger partial charge is 0.467 e. The molecular weight excluding hydrogens is 472 g/mol.